The number of carbonyl (C=O) groups is 1. The summed E-state index contributed by atoms with van der Waals surface area (Å²) in [6.07, 6.45) is 3.42. The fourth-order valence-corrected chi connectivity index (χ4v) is 5.31. The van der Waals surface area contributed by atoms with E-state index >= 15 is 0 Å². The van der Waals surface area contributed by atoms with Crippen LogP contribution in [0.2, 0.25) is 5.02 Å². The van der Waals surface area contributed by atoms with Gasteiger partial charge in [-0.25, -0.2) is 9.78 Å². The maximum atomic E-state index is 12.6. The molecule has 0 aliphatic carbocycles. The molecule has 0 unspecified atom stereocenters. The van der Waals surface area contributed by atoms with Gasteiger partial charge < -0.3 is 20.7 Å². The zero-order valence-electron chi connectivity index (χ0n) is 20.3. The fraction of sp³-hybridized carbons (Fsp3) is 0.423. The summed E-state index contributed by atoms with van der Waals surface area (Å²) in [6, 6.07) is 11.7. The molecule has 1 spiro atoms. The number of fused-ring (bicyclic) bond motifs is 2. The first kappa shape index (κ1) is 23.5. The average molecular weight is 495 g/mol. The van der Waals surface area contributed by atoms with E-state index in [9.17, 15) is 4.79 Å². The molecule has 1 fully saturated rings. The van der Waals surface area contributed by atoms with Crippen molar-refractivity contribution >= 4 is 23.4 Å². The van der Waals surface area contributed by atoms with Gasteiger partial charge in [-0.1, -0.05) is 23.7 Å². The van der Waals surface area contributed by atoms with Crippen molar-refractivity contribution in [2.45, 2.75) is 57.7 Å². The Bertz CT molecular complexity index is 1260. The number of amides is 2. The first-order chi connectivity index (χ1) is 16.7. The van der Waals surface area contributed by atoms with Crippen LogP contribution in [0.15, 0.2) is 42.6 Å². The van der Waals surface area contributed by atoms with E-state index in [1.54, 1.807) is 6.20 Å². The molecular formula is C26H31ClN6O2. The van der Waals surface area contributed by atoms with Crippen molar-refractivity contribution in [2.24, 2.45) is 0 Å². The van der Waals surface area contributed by atoms with Gasteiger partial charge in [-0.2, -0.15) is 5.10 Å². The molecule has 35 heavy (non-hydrogen) atoms. The Labute approximate surface area is 210 Å². The highest BCUT2D eigenvalue weighted by Crippen LogP contribution is 2.44. The van der Waals surface area contributed by atoms with Gasteiger partial charge in [-0.05, 0) is 63.4 Å². The minimum absolute atomic E-state index is 0.00779. The molecule has 2 aromatic heterocycles. The first-order valence-corrected chi connectivity index (χ1v) is 12.4. The summed E-state index contributed by atoms with van der Waals surface area (Å²) < 4.78 is 8.23. The SMILES string of the molecule is CC(C)NC(=O)N1CC[C@@]2(CCn3nc(-c4cnc(N)c(O[C@H](C)c5cccc(Cl)c5)c4)cc32)C1. The molecule has 2 aliphatic rings. The molecule has 8 nitrogen and oxygen atoms in total. The van der Waals surface area contributed by atoms with E-state index in [1.807, 2.05) is 56.0 Å². The molecule has 2 aliphatic heterocycles. The molecule has 2 atom stereocenters. The van der Waals surface area contributed by atoms with Crippen molar-refractivity contribution in [3.63, 3.8) is 0 Å². The zero-order valence-corrected chi connectivity index (χ0v) is 21.0. The number of benzene rings is 1. The molecule has 9 heteroatoms. The van der Waals surface area contributed by atoms with Crippen LogP contribution in [0.5, 0.6) is 5.75 Å². The van der Waals surface area contributed by atoms with Crippen LogP contribution < -0.4 is 15.8 Å². The predicted molar refractivity (Wildman–Crippen MR) is 137 cm³/mol. The second-order valence-corrected chi connectivity index (χ2v) is 10.3. The van der Waals surface area contributed by atoms with Crippen LogP contribution in [0.1, 0.15) is 51.0 Å². The lowest BCUT2D eigenvalue weighted by atomic mass is 9.82. The number of hydrogen-bond donors (Lipinski definition) is 2. The maximum Gasteiger partial charge on any atom is 0.317 e. The van der Waals surface area contributed by atoms with Crippen LogP contribution in [-0.2, 0) is 12.0 Å². The monoisotopic (exact) mass is 494 g/mol. The summed E-state index contributed by atoms with van der Waals surface area (Å²) >= 11 is 6.14. The number of likely N-dealkylation sites (tertiary alicyclic amines) is 1. The molecule has 1 aromatic carbocycles. The number of aromatic nitrogens is 3. The van der Waals surface area contributed by atoms with Crippen molar-refractivity contribution in [1.82, 2.24) is 25.0 Å². The third kappa shape index (κ3) is 4.55. The number of rotatable bonds is 5. The standard InChI is InChI=1S/C26H31ClN6O2/c1-16(2)30-25(34)32-9-7-26(15-32)8-10-33-23(26)13-21(31-33)19-12-22(24(28)29-14-19)35-17(3)18-5-4-6-20(27)11-18/h4-6,11-14,16-17H,7-10,15H2,1-3H3,(H2,28,29)(H,30,34)/t17-,26-/m1/s1. The number of carbonyl (C=O) groups excluding carboxylic acids is 1. The summed E-state index contributed by atoms with van der Waals surface area (Å²) in [5, 5.41) is 8.53. The average Bonchev–Trinajstić information content (AvgIpc) is 3.52. The number of nitrogens with two attached hydrogens (primary N) is 1. The largest absolute Gasteiger partial charge is 0.482 e. The highest BCUT2D eigenvalue weighted by Gasteiger charge is 2.47. The second-order valence-electron chi connectivity index (χ2n) is 9.87. The van der Waals surface area contributed by atoms with Gasteiger partial charge in [0, 0.05) is 53.6 Å². The van der Waals surface area contributed by atoms with Crippen molar-refractivity contribution in [1.29, 1.82) is 0 Å². The molecule has 0 saturated carbocycles. The highest BCUT2D eigenvalue weighted by atomic mass is 35.5. The number of urea groups is 1. The van der Waals surface area contributed by atoms with E-state index < -0.39 is 0 Å². The van der Waals surface area contributed by atoms with Crippen molar-refractivity contribution in [2.75, 3.05) is 18.8 Å². The predicted octanol–water partition coefficient (Wildman–Crippen LogP) is 4.79. The van der Waals surface area contributed by atoms with Gasteiger partial charge >= 0.3 is 6.03 Å². The van der Waals surface area contributed by atoms with Crippen LogP contribution in [-0.4, -0.2) is 44.8 Å². The van der Waals surface area contributed by atoms with Gasteiger partial charge in [0.2, 0.25) is 0 Å². The van der Waals surface area contributed by atoms with Gasteiger partial charge in [0.05, 0.1) is 5.69 Å². The number of hydrogen-bond acceptors (Lipinski definition) is 5. The summed E-state index contributed by atoms with van der Waals surface area (Å²) in [5.74, 6) is 0.837. The molecule has 3 aromatic rings. The third-order valence-corrected chi connectivity index (χ3v) is 7.21. The molecule has 5 rings (SSSR count). The summed E-state index contributed by atoms with van der Waals surface area (Å²) in [5.41, 5.74) is 9.89. The first-order valence-electron chi connectivity index (χ1n) is 12.1. The molecule has 3 N–H and O–H groups in total. The number of nitrogens with zero attached hydrogens (tertiary/aromatic N) is 4. The summed E-state index contributed by atoms with van der Waals surface area (Å²) in [6.45, 7) is 8.22. The molecular weight excluding hydrogens is 464 g/mol. The van der Waals surface area contributed by atoms with Crippen LogP contribution in [0, 0.1) is 0 Å². The third-order valence-electron chi connectivity index (χ3n) is 6.98. The Hall–Kier alpha value is -3.26. The van der Waals surface area contributed by atoms with Gasteiger partial charge in [0.25, 0.3) is 0 Å². The van der Waals surface area contributed by atoms with Crippen LogP contribution in [0.25, 0.3) is 11.3 Å². The number of pyridine rings is 1. The number of nitrogen functional groups attached to an aromatic ring is 1. The van der Waals surface area contributed by atoms with E-state index in [1.165, 1.54) is 5.69 Å². The van der Waals surface area contributed by atoms with E-state index in [2.05, 4.69) is 21.0 Å². The lowest BCUT2D eigenvalue weighted by Gasteiger charge is -2.24. The van der Waals surface area contributed by atoms with E-state index in [4.69, 9.17) is 27.2 Å². The van der Waals surface area contributed by atoms with Gasteiger partial charge in [0.15, 0.2) is 11.6 Å². The quantitative estimate of drug-likeness (QED) is 0.531. The molecule has 2 amide bonds. The number of aryl methyl sites for hydroxylation is 1. The Morgan fingerprint density at radius 3 is 2.77 bits per heavy atom. The molecule has 1 saturated heterocycles. The van der Waals surface area contributed by atoms with Gasteiger partial charge in [-0.15, -0.1) is 0 Å². The lowest BCUT2D eigenvalue weighted by molar-refractivity contribution is 0.203. The molecule has 184 valence electrons. The van der Waals surface area contributed by atoms with Crippen molar-refractivity contribution in [3.05, 3.63) is 58.9 Å². The van der Waals surface area contributed by atoms with Crippen molar-refractivity contribution in [3.8, 4) is 17.0 Å². The van der Waals surface area contributed by atoms with Gasteiger partial charge in [-0.3, -0.25) is 4.68 Å². The van der Waals surface area contributed by atoms with Crippen LogP contribution >= 0.6 is 11.6 Å². The number of halogens is 1. The summed E-state index contributed by atoms with van der Waals surface area (Å²) in [4.78, 5) is 18.9. The Kier molecular flexibility index (Phi) is 6.09. The molecule has 0 radical (unpaired) electrons. The fourth-order valence-electron chi connectivity index (χ4n) is 5.11. The summed E-state index contributed by atoms with van der Waals surface area (Å²) in [7, 11) is 0. The van der Waals surface area contributed by atoms with E-state index in [0.29, 0.717) is 23.1 Å². The topological polar surface area (TPSA) is 98.3 Å². The number of nitrogens with one attached hydrogen (secondary N) is 1. The van der Waals surface area contributed by atoms with Crippen molar-refractivity contribution < 1.29 is 9.53 Å². The number of anilines is 1. The minimum atomic E-state index is -0.246. The highest BCUT2D eigenvalue weighted by molar-refractivity contribution is 6.30. The van der Waals surface area contributed by atoms with Crippen LogP contribution in [0.4, 0.5) is 10.6 Å². The Balaban J connectivity index is 1.37. The second kappa shape index (κ2) is 9.07. The van der Waals surface area contributed by atoms with Gasteiger partial charge in [0.1, 0.15) is 6.10 Å². The zero-order chi connectivity index (χ0) is 24.7. The lowest BCUT2D eigenvalue weighted by Crippen LogP contribution is -2.43. The molecule has 4 heterocycles. The van der Waals surface area contributed by atoms with E-state index in [-0.39, 0.29) is 23.6 Å². The number of ether oxygens (including phenoxy) is 1. The Morgan fingerprint density at radius 2 is 2.00 bits per heavy atom. The smallest absolute Gasteiger partial charge is 0.317 e. The Morgan fingerprint density at radius 1 is 1.20 bits per heavy atom. The van der Waals surface area contributed by atoms with E-state index in [0.717, 1.165) is 42.8 Å². The maximum absolute atomic E-state index is 12.6. The molecule has 0 bridgehead atoms. The van der Waals surface area contributed by atoms with Crippen LogP contribution in [0.3, 0.4) is 0 Å². The minimum Gasteiger partial charge on any atom is -0.482 e. The normalized spacial score (nSPS) is 19.9.